The molecule has 2 N–H and O–H groups in total. The van der Waals surface area contributed by atoms with Crippen molar-refractivity contribution in [3.05, 3.63) is 12.5 Å². The van der Waals surface area contributed by atoms with E-state index >= 15 is 0 Å². The van der Waals surface area contributed by atoms with Crippen LogP contribution in [-0.4, -0.2) is 19.7 Å². The fourth-order valence-corrected chi connectivity index (χ4v) is 4.11. The fourth-order valence-electron chi connectivity index (χ4n) is 4.11. The summed E-state index contributed by atoms with van der Waals surface area (Å²) >= 11 is 0. The lowest BCUT2D eigenvalue weighted by molar-refractivity contribution is 0.291. The Kier molecular flexibility index (Phi) is 2.31. The van der Waals surface area contributed by atoms with E-state index in [-0.39, 0.29) is 0 Å². The van der Waals surface area contributed by atoms with Crippen molar-refractivity contribution >= 4 is 16.9 Å². The molecule has 0 bridgehead atoms. The Labute approximate surface area is 112 Å². The van der Waals surface area contributed by atoms with Gasteiger partial charge in [-0.3, -0.25) is 0 Å². The highest BCUT2D eigenvalue weighted by molar-refractivity contribution is 5.84. The van der Waals surface area contributed by atoms with E-state index in [1.54, 1.807) is 0 Å². The van der Waals surface area contributed by atoms with Crippen molar-refractivity contribution in [2.45, 2.75) is 51.0 Å². The van der Waals surface area contributed by atoms with Crippen LogP contribution in [0.2, 0.25) is 0 Å². The maximum atomic E-state index is 5.88. The van der Waals surface area contributed by atoms with Crippen LogP contribution in [0.5, 0.6) is 0 Å². The molecule has 0 saturated heterocycles. The third-order valence-electron chi connectivity index (χ3n) is 5.11. The third kappa shape index (κ3) is 1.64. The standard InChI is InChI=1S/C14H19N5/c15-12-11-8-18-19(13(11)17-9-16-12)10-3-6-14(7-10)4-1-2-5-14/h8-10H,1-7H2,(H2,15,16,17). The number of hydrogen-bond donors (Lipinski definition) is 1. The average Bonchev–Trinajstić information content (AvgIpc) is 3.12. The molecule has 2 aliphatic rings. The van der Waals surface area contributed by atoms with Crippen molar-refractivity contribution in [2.24, 2.45) is 5.41 Å². The van der Waals surface area contributed by atoms with E-state index in [1.165, 1.54) is 51.3 Å². The molecule has 19 heavy (non-hydrogen) atoms. The van der Waals surface area contributed by atoms with Crippen molar-refractivity contribution in [3.63, 3.8) is 0 Å². The molecule has 2 aromatic rings. The quantitative estimate of drug-likeness (QED) is 0.852. The van der Waals surface area contributed by atoms with Crippen LogP contribution < -0.4 is 5.73 Å². The fraction of sp³-hybridized carbons (Fsp3) is 0.643. The zero-order chi connectivity index (χ0) is 12.9. The lowest BCUT2D eigenvalue weighted by atomic mass is 9.84. The second kappa shape index (κ2) is 3.92. The zero-order valence-corrected chi connectivity index (χ0v) is 11.0. The van der Waals surface area contributed by atoms with Crippen LogP contribution in [0.1, 0.15) is 51.0 Å². The average molecular weight is 257 g/mol. The molecule has 2 heterocycles. The van der Waals surface area contributed by atoms with Crippen molar-refractivity contribution in [1.82, 2.24) is 19.7 Å². The smallest absolute Gasteiger partial charge is 0.163 e. The molecule has 0 radical (unpaired) electrons. The van der Waals surface area contributed by atoms with E-state index in [4.69, 9.17) is 5.73 Å². The number of rotatable bonds is 1. The second-order valence-corrected chi connectivity index (χ2v) is 6.19. The molecule has 100 valence electrons. The minimum absolute atomic E-state index is 0.491. The molecule has 1 spiro atoms. The van der Waals surface area contributed by atoms with Crippen molar-refractivity contribution < 1.29 is 0 Å². The molecule has 5 heteroatoms. The monoisotopic (exact) mass is 257 g/mol. The first-order chi connectivity index (χ1) is 9.27. The van der Waals surface area contributed by atoms with Gasteiger partial charge in [-0.05, 0) is 37.5 Å². The first-order valence-electron chi connectivity index (χ1n) is 7.21. The normalized spacial score (nSPS) is 25.6. The van der Waals surface area contributed by atoms with E-state index in [2.05, 4.69) is 19.7 Å². The van der Waals surface area contributed by atoms with Gasteiger partial charge in [0, 0.05) is 0 Å². The minimum Gasteiger partial charge on any atom is -0.383 e. The van der Waals surface area contributed by atoms with Crippen molar-refractivity contribution in [3.8, 4) is 0 Å². The molecular weight excluding hydrogens is 238 g/mol. The summed E-state index contributed by atoms with van der Waals surface area (Å²) in [5.41, 5.74) is 7.37. The largest absolute Gasteiger partial charge is 0.383 e. The lowest BCUT2D eigenvalue weighted by Crippen LogP contribution is -2.14. The van der Waals surface area contributed by atoms with Gasteiger partial charge in [-0.25, -0.2) is 14.6 Å². The summed E-state index contributed by atoms with van der Waals surface area (Å²) in [4.78, 5) is 8.40. The number of aromatic nitrogens is 4. The van der Waals surface area contributed by atoms with Crippen LogP contribution in [0.4, 0.5) is 5.82 Å². The summed E-state index contributed by atoms with van der Waals surface area (Å²) in [6.45, 7) is 0. The summed E-state index contributed by atoms with van der Waals surface area (Å²) in [5, 5.41) is 5.41. The summed E-state index contributed by atoms with van der Waals surface area (Å²) in [7, 11) is 0. The SMILES string of the molecule is Nc1ncnc2c1cnn2C1CCC2(CCCC2)C1. The molecular formula is C14H19N5. The predicted molar refractivity (Wildman–Crippen MR) is 73.5 cm³/mol. The summed E-state index contributed by atoms with van der Waals surface area (Å²) < 4.78 is 2.08. The van der Waals surface area contributed by atoms with E-state index in [0.717, 1.165) is 11.0 Å². The highest BCUT2D eigenvalue weighted by atomic mass is 15.3. The summed E-state index contributed by atoms with van der Waals surface area (Å²) in [6, 6.07) is 0.491. The van der Waals surface area contributed by atoms with Gasteiger partial charge < -0.3 is 5.73 Å². The maximum absolute atomic E-state index is 5.88. The van der Waals surface area contributed by atoms with E-state index in [1.807, 2.05) is 6.20 Å². The van der Waals surface area contributed by atoms with Crippen molar-refractivity contribution in [1.29, 1.82) is 0 Å². The van der Waals surface area contributed by atoms with E-state index < -0.39 is 0 Å². The highest BCUT2D eigenvalue weighted by Crippen LogP contribution is 2.54. The zero-order valence-electron chi connectivity index (χ0n) is 11.0. The topological polar surface area (TPSA) is 69.6 Å². The molecule has 0 aromatic carbocycles. The van der Waals surface area contributed by atoms with Gasteiger partial charge in [0.25, 0.3) is 0 Å². The van der Waals surface area contributed by atoms with Gasteiger partial charge in [0.05, 0.1) is 17.6 Å². The van der Waals surface area contributed by atoms with Crippen LogP contribution in [0.3, 0.4) is 0 Å². The predicted octanol–water partition coefficient (Wildman–Crippen LogP) is 2.69. The number of nitrogen functional groups attached to an aromatic ring is 1. The molecule has 2 aliphatic carbocycles. The molecule has 0 aliphatic heterocycles. The van der Waals surface area contributed by atoms with Gasteiger partial charge in [0.2, 0.25) is 0 Å². The Morgan fingerprint density at radius 3 is 2.89 bits per heavy atom. The maximum Gasteiger partial charge on any atom is 0.163 e. The van der Waals surface area contributed by atoms with Crippen LogP contribution in [0, 0.1) is 5.41 Å². The Morgan fingerprint density at radius 2 is 2.05 bits per heavy atom. The first-order valence-corrected chi connectivity index (χ1v) is 7.21. The molecule has 2 aromatic heterocycles. The van der Waals surface area contributed by atoms with E-state index in [9.17, 15) is 0 Å². The minimum atomic E-state index is 0.491. The van der Waals surface area contributed by atoms with Crippen LogP contribution in [0.25, 0.3) is 11.0 Å². The number of anilines is 1. The van der Waals surface area contributed by atoms with Crippen LogP contribution in [-0.2, 0) is 0 Å². The molecule has 1 atom stereocenters. The van der Waals surface area contributed by atoms with Gasteiger partial charge >= 0.3 is 0 Å². The van der Waals surface area contributed by atoms with Crippen LogP contribution >= 0.6 is 0 Å². The highest BCUT2D eigenvalue weighted by Gasteiger charge is 2.42. The molecule has 1 unspecified atom stereocenters. The molecule has 2 saturated carbocycles. The molecule has 0 amide bonds. The third-order valence-corrected chi connectivity index (χ3v) is 5.11. The second-order valence-electron chi connectivity index (χ2n) is 6.19. The Morgan fingerprint density at radius 1 is 1.21 bits per heavy atom. The summed E-state index contributed by atoms with van der Waals surface area (Å²) in [5.74, 6) is 0.532. The van der Waals surface area contributed by atoms with Gasteiger partial charge in [-0.2, -0.15) is 5.10 Å². The number of nitrogens with two attached hydrogens (primary N) is 1. The summed E-state index contributed by atoms with van der Waals surface area (Å²) in [6.07, 6.45) is 12.8. The molecule has 2 fully saturated rings. The Bertz CT molecular complexity index is 611. The van der Waals surface area contributed by atoms with Crippen molar-refractivity contribution in [2.75, 3.05) is 5.73 Å². The Hall–Kier alpha value is -1.65. The number of hydrogen-bond acceptors (Lipinski definition) is 4. The first kappa shape index (κ1) is 11.2. The van der Waals surface area contributed by atoms with Gasteiger partial charge in [0.15, 0.2) is 5.65 Å². The van der Waals surface area contributed by atoms with Gasteiger partial charge in [-0.1, -0.05) is 12.8 Å². The van der Waals surface area contributed by atoms with Gasteiger partial charge in [-0.15, -0.1) is 0 Å². The van der Waals surface area contributed by atoms with E-state index in [0.29, 0.717) is 17.3 Å². The number of fused-ring (bicyclic) bond motifs is 1. The Balaban J connectivity index is 1.70. The lowest BCUT2D eigenvalue weighted by Gasteiger charge is -2.22. The molecule has 5 nitrogen and oxygen atoms in total. The van der Waals surface area contributed by atoms with Crippen LogP contribution in [0.15, 0.2) is 12.5 Å². The van der Waals surface area contributed by atoms with Gasteiger partial charge in [0.1, 0.15) is 12.1 Å². The molecule has 4 rings (SSSR count). The number of nitrogens with zero attached hydrogens (tertiary/aromatic N) is 4.